The van der Waals surface area contributed by atoms with Gasteiger partial charge in [0.15, 0.2) is 0 Å². The van der Waals surface area contributed by atoms with E-state index in [4.69, 9.17) is 9.47 Å². The maximum Gasteiger partial charge on any atom is 0.333 e. The molecule has 0 aromatic heterocycles. The predicted molar refractivity (Wildman–Crippen MR) is 137 cm³/mol. The lowest BCUT2D eigenvalue weighted by molar-refractivity contribution is -0.138. The largest absolute Gasteiger partial charge is 0.490 e. The smallest absolute Gasteiger partial charge is 0.333 e. The van der Waals surface area contributed by atoms with Crippen LogP contribution >= 0.6 is 31.9 Å². The van der Waals surface area contributed by atoms with Gasteiger partial charge in [-0.05, 0) is 86.1 Å². The Labute approximate surface area is 205 Å². The van der Waals surface area contributed by atoms with Crippen molar-refractivity contribution in [1.29, 1.82) is 0 Å². The maximum atomic E-state index is 11.3. The number of rotatable bonds is 13. The van der Waals surface area contributed by atoms with E-state index in [-0.39, 0.29) is 5.97 Å². The molecule has 4 nitrogen and oxygen atoms in total. The van der Waals surface area contributed by atoms with Crippen molar-refractivity contribution in [3.8, 4) is 5.75 Å². The van der Waals surface area contributed by atoms with Crippen molar-refractivity contribution in [2.45, 2.75) is 54.4 Å². The van der Waals surface area contributed by atoms with Gasteiger partial charge in [-0.2, -0.15) is 0 Å². The van der Waals surface area contributed by atoms with Crippen LogP contribution in [-0.4, -0.2) is 32.3 Å². The number of carbonyl (C=O) groups is 1. The molecule has 1 N–H and O–H groups in total. The monoisotopic (exact) mass is 559 g/mol. The predicted octanol–water partition coefficient (Wildman–Crippen LogP) is 6.97. The van der Waals surface area contributed by atoms with E-state index in [0.717, 1.165) is 14.7 Å². The molecule has 0 spiro atoms. The van der Waals surface area contributed by atoms with E-state index in [1.165, 1.54) is 5.56 Å². The Morgan fingerprint density at radius 2 is 1.48 bits per heavy atom. The Bertz CT molecular complexity index is 700. The second kappa shape index (κ2) is 13.6. The van der Waals surface area contributed by atoms with Crippen LogP contribution in [0.1, 0.15) is 59.9 Å². The molecule has 0 amide bonds. The minimum absolute atomic E-state index is 0.317. The Morgan fingerprint density at radius 1 is 0.968 bits per heavy atom. The van der Waals surface area contributed by atoms with E-state index in [1.807, 2.05) is 0 Å². The highest BCUT2D eigenvalue weighted by molar-refractivity contribution is 9.11. The van der Waals surface area contributed by atoms with Crippen LogP contribution in [-0.2, 0) is 9.53 Å². The fraction of sp³-hybridized carbons (Fsp3) is 0.640. The average molecular weight is 561 g/mol. The molecule has 1 atom stereocenters. The van der Waals surface area contributed by atoms with Gasteiger partial charge in [-0.1, -0.05) is 48.1 Å². The minimum atomic E-state index is -0.358. The van der Waals surface area contributed by atoms with E-state index in [1.54, 1.807) is 6.92 Å². The third kappa shape index (κ3) is 8.89. The summed E-state index contributed by atoms with van der Waals surface area (Å²) in [5, 5.41) is 3.21. The molecule has 0 aliphatic carbocycles. The Morgan fingerprint density at radius 3 is 1.94 bits per heavy atom. The van der Waals surface area contributed by atoms with Crippen LogP contribution in [0.4, 0.5) is 0 Å². The molecular weight excluding hydrogens is 522 g/mol. The number of hydrogen-bond acceptors (Lipinski definition) is 4. The number of benzene rings is 1. The van der Waals surface area contributed by atoms with E-state index in [2.05, 4.69) is 97.4 Å². The normalized spacial score (nSPS) is 12.7. The quantitative estimate of drug-likeness (QED) is 0.161. The van der Waals surface area contributed by atoms with Gasteiger partial charge in [0.2, 0.25) is 0 Å². The number of esters is 1. The van der Waals surface area contributed by atoms with Crippen molar-refractivity contribution in [2.75, 3.05) is 26.3 Å². The zero-order chi connectivity index (χ0) is 23.7. The highest BCUT2D eigenvalue weighted by Crippen LogP contribution is 2.44. The topological polar surface area (TPSA) is 47.6 Å². The first-order valence-corrected chi connectivity index (χ1v) is 12.7. The van der Waals surface area contributed by atoms with Crippen LogP contribution in [0, 0.1) is 23.7 Å². The standard InChI is InChI=1S/C25H39Br2NO3/c1-15(2)22(16(3)4)23(17(5)6)19-13-20(26)24(21(27)14-19)30-11-9-28-10-12-31-25(29)18(7)8/h13-17,22-23,28H,7,9-12H2,1-6,8H3. The van der Waals surface area contributed by atoms with Crippen LogP contribution in [0.2, 0.25) is 0 Å². The zero-order valence-corrected chi connectivity index (χ0v) is 23.2. The first-order chi connectivity index (χ1) is 14.5. The number of halogens is 2. The van der Waals surface area contributed by atoms with Gasteiger partial charge < -0.3 is 14.8 Å². The lowest BCUT2D eigenvalue weighted by atomic mass is 9.68. The molecule has 0 saturated heterocycles. The van der Waals surface area contributed by atoms with Crippen molar-refractivity contribution in [3.63, 3.8) is 0 Å². The molecule has 1 aromatic carbocycles. The van der Waals surface area contributed by atoms with Gasteiger partial charge in [0.05, 0.1) is 8.95 Å². The van der Waals surface area contributed by atoms with Crippen LogP contribution < -0.4 is 10.1 Å². The summed E-state index contributed by atoms with van der Waals surface area (Å²) in [5.41, 5.74) is 1.75. The van der Waals surface area contributed by atoms with Gasteiger partial charge in [0, 0.05) is 18.7 Å². The van der Waals surface area contributed by atoms with Crippen LogP contribution in [0.15, 0.2) is 33.2 Å². The summed E-state index contributed by atoms with van der Waals surface area (Å²) < 4.78 is 13.0. The summed E-state index contributed by atoms with van der Waals surface area (Å²) >= 11 is 7.44. The fourth-order valence-electron chi connectivity index (χ4n) is 4.25. The van der Waals surface area contributed by atoms with E-state index in [0.29, 0.717) is 61.5 Å². The second-order valence-corrected chi connectivity index (χ2v) is 10.9. The first-order valence-electron chi connectivity index (χ1n) is 11.1. The highest BCUT2D eigenvalue weighted by Gasteiger charge is 2.31. The lowest BCUT2D eigenvalue weighted by Gasteiger charge is -2.37. The molecule has 6 heteroatoms. The molecule has 0 aliphatic heterocycles. The Kier molecular flexibility index (Phi) is 12.4. The average Bonchev–Trinajstić information content (AvgIpc) is 2.65. The van der Waals surface area contributed by atoms with Crippen molar-refractivity contribution in [3.05, 3.63) is 38.8 Å². The molecule has 0 heterocycles. The molecule has 0 bridgehead atoms. The SMILES string of the molecule is C=C(C)C(=O)OCCNCCOc1c(Br)cc(C(C(C)C)C(C(C)C)C(C)C)cc1Br. The molecule has 0 aliphatic rings. The zero-order valence-electron chi connectivity index (χ0n) is 20.1. The lowest BCUT2D eigenvalue weighted by Crippen LogP contribution is -2.27. The first kappa shape index (κ1) is 28.2. The third-order valence-corrected chi connectivity index (χ3v) is 6.64. The van der Waals surface area contributed by atoms with Crippen LogP contribution in [0.3, 0.4) is 0 Å². The third-order valence-electron chi connectivity index (χ3n) is 5.46. The molecule has 176 valence electrons. The van der Waals surface area contributed by atoms with E-state index in [9.17, 15) is 4.79 Å². The summed E-state index contributed by atoms with van der Waals surface area (Å²) in [6.45, 7) is 21.2. The highest BCUT2D eigenvalue weighted by atomic mass is 79.9. The summed E-state index contributed by atoms with van der Waals surface area (Å²) in [4.78, 5) is 11.3. The molecule has 0 fully saturated rings. The van der Waals surface area contributed by atoms with Gasteiger partial charge in [-0.15, -0.1) is 0 Å². The minimum Gasteiger partial charge on any atom is -0.490 e. The molecule has 0 saturated carbocycles. The van der Waals surface area contributed by atoms with Gasteiger partial charge in [-0.3, -0.25) is 0 Å². The van der Waals surface area contributed by atoms with Gasteiger partial charge in [0.1, 0.15) is 19.0 Å². The number of carbonyl (C=O) groups excluding carboxylic acids is 1. The van der Waals surface area contributed by atoms with Crippen LogP contribution in [0.25, 0.3) is 0 Å². The van der Waals surface area contributed by atoms with Crippen molar-refractivity contribution in [1.82, 2.24) is 5.32 Å². The Balaban J connectivity index is 2.74. The van der Waals surface area contributed by atoms with E-state index >= 15 is 0 Å². The second-order valence-electron chi connectivity index (χ2n) is 9.16. The number of nitrogens with one attached hydrogen (secondary N) is 1. The maximum absolute atomic E-state index is 11.3. The molecule has 1 unspecified atom stereocenters. The fourth-order valence-corrected chi connectivity index (χ4v) is 5.70. The van der Waals surface area contributed by atoms with Crippen molar-refractivity contribution >= 4 is 37.8 Å². The van der Waals surface area contributed by atoms with Crippen molar-refractivity contribution in [2.24, 2.45) is 23.7 Å². The molecule has 1 rings (SSSR count). The number of hydrogen-bond donors (Lipinski definition) is 1. The van der Waals surface area contributed by atoms with Gasteiger partial charge >= 0.3 is 5.97 Å². The molecule has 0 radical (unpaired) electrons. The van der Waals surface area contributed by atoms with E-state index < -0.39 is 0 Å². The number of ether oxygens (including phenoxy) is 2. The molecule has 1 aromatic rings. The van der Waals surface area contributed by atoms with Gasteiger partial charge in [-0.25, -0.2) is 4.79 Å². The molecular formula is C25H39Br2NO3. The van der Waals surface area contributed by atoms with Crippen molar-refractivity contribution < 1.29 is 14.3 Å². The summed E-state index contributed by atoms with van der Waals surface area (Å²) in [5.74, 6) is 3.31. The summed E-state index contributed by atoms with van der Waals surface area (Å²) in [7, 11) is 0. The van der Waals surface area contributed by atoms with Gasteiger partial charge in [0.25, 0.3) is 0 Å². The Hall–Kier alpha value is -0.850. The summed E-state index contributed by atoms with van der Waals surface area (Å²) in [6.07, 6.45) is 0. The van der Waals surface area contributed by atoms with Crippen LogP contribution in [0.5, 0.6) is 5.75 Å². The summed E-state index contributed by atoms with van der Waals surface area (Å²) in [6, 6.07) is 4.43. The molecule has 31 heavy (non-hydrogen) atoms.